The fourth-order valence-corrected chi connectivity index (χ4v) is 4.97. The zero-order valence-corrected chi connectivity index (χ0v) is 20.0. The molecule has 0 radical (unpaired) electrons. The van der Waals surface area contributed by atoms with E-state index >= 15 is 4.39 Å². The van der Waals surface area contributed by atoms with Crippen LogP contribution in [0.2, 0.25) is 0 Å². The predicted molar refractivity (Wildman–Crippen MR) is 129 cm³/mol. The lowest BCUT2D eigenvalue weighted by Crippen LogP contribution is -2.19. The summed E-state index contributed by atoms with van der Waals surface area (Å²) in [6, 6.07) is 10.5. The van der Waals surface area contributed by atoms with Crippen molar-refractivity contribution < 1.29 is 35.2 Å². The molecular formula is C25H15F4N3O5S. The molecule has 0 amide bonds. The Hall–Kier alpha value is -4.65. The van der Waals surface area contributed by atoms with Crippen LogP contribution in [0.4, 0.5) is 23.4 Å². The summed E-state index contributed by atoms with van der Waals surface area (Å²) in [4.78, 5) is 12.7. The van der Waals surface area contributed by atoms with Gasteiger partial charge in [-0.1, -0.05) is 5.16 Å². The second kappa shape index (κ2) is 9.34. The molecule has 194 valence electrons. The fraction of sp³-hybridized carbons (Fsp3) is 0.0400. The maximum atomic E-state index is 15.2. The second-order valence-corrected chi connectivity index (χ2v) is 9.65. The smallest absolute Gasteiger partial charge is 0.263 e. The molecule has 0 aliphatic heterocycles. The summed E-state index contributed by atoms with van der Waals surface area (Å²) in [5.41, 5.74) is -1.72. The van der Waals surface area contributed by atoms with Crippen molar-refractivity contribution in [1.82, 2.24) is 9.72 Å². The lowest BCUT2D eigenvalue weighted by Gasteiger charge is -2.17. The third-order valence-electron chi connectivity index (χ3n) is 5.65. The lowest BCUT2D eigenvalue weighted by atomic mass is 10.0. The molecule has 0 spiro atoms. The average molecular weight is 545 g/mol. The number of nitrogens with zero attached hydrogens (tertiary/aromatic N) is 2. The van der Waals surface area contributed by atoms with Crippen LogP contribution in [0.5, 0.6) is 5.75 Å². The van der Waals surface area contributed by atoms with Gasteiger partial charge in [-0.25, -0.2) is 26.0 Å². The van der Waals surface area contributed by atoms with Gasteiger partial charge in [0.15, 0.2) is 17.5 Å². The molecule has 1 N–H and O–H groups in total. The van der Waals surface area contributed by atoms with E-state index < -0.39 is 50.0 Å². The van der Waals surface area contributed by atoms with Crippen LogP contribution in [0.1, 0.15) is 0 Å². The van der Waals surface area contributed by atoms with E-state index in [-0.39, 0.29) is 33.1 Å². The van der Waals surface area contributed by atoms with Gasteiger partial charge in [-0.15, -0.1) is 0 Å². The Morgan fingerprint density at radius 2 is 1.71 bits per heavy atom. The molecule has 5 aromatic rings. The van der Waals surface area contributed by atoms with E-state index in [9.17, 15) is 26.4 Å². The number of rotatable bonds is 6. The number of fused-ring (bicyclic) bond motifs is 1. The summed E-state index contributed by atoms with van der Waals surface area (Å²) in [7, 11) is -2.86. The summed E-state index contributed by atoms with van der Waals surface area (Å²) in [5, 5.41) is 3.79. The van der Waals surface area contributed by atoms with Gasteiger partial charge >= 0.3 is 0 Å². The molecule has 0 aliphatic carbocycles. The van der Waals surface area contributed by atoms with E-state index in [2.05, 4.69) is 14.4 Å². The van der Waals surface area contributed by atoms with E-state index in [1.54, 1.807) is 0 Å². The number of ether oxygens (including phenoxy) is 1. The highest BCUT2D eigenvalue weighted by molar-refractivity contribution is 7.92. The summed E-state index contributed by atoms with van der Waals surface area (Å²) in [5.74, 6) is -5.33. The Bertz CT molecular complexity index is 1870. The molecular weight excluding hydrogens is 530 g/mol. The molecule has 0 aliphatic rings. The molecule has 3 aromatic carbocycles. The van der Waals surface area contributed by atoms with E-state index in [4.69, 9.17) is 4.74 Å². The van der Waals surface area contributed by atoms with Crippen molar-refractivity contribution in [2.24, 2.45) is 0 Å². The van der Waals surface area contributed by atoms with Crippen LogP contribution in [0.15, 0.2) is 81.1 Å². The predicted octanol–water partition coefficient (Wildman–Crippen LogP) is 5.01. The number of aromatic nitrogens is 2. The first-order valence-corrected chi connectivity index (χ1v) is 12.2. The molecule has 0 bridgehead atoms. The van der Waals surface area contributed by atoms with E-state index in [0.29, 0.717) is 12.1 Å². The minimum Gasteiger partial charge on any atom is -0.495 e. The molecule has 0 atom stereocenters. The Balaban J connectivity index is 1.66. The van der Waals surface area contributed by atoms with Gasteiger partial charge in [0.1, 0.15) is 23.6 Å². The van der Waals surface area contributed by atoms with Gasteiger partial charge in [0.05, 0.1) is 23.2 Å². The van der Waals surface area contributed by atoms with Crippen LogP contribution in [0.25, 0.3) is 27.7 Å². The normalized spacial score (nSPS) is 11.6. The largest absolute Gasteiger partial charge is 0.495 e. The number of hydrogen-bond acceptors (Lipinski definition) is 6. The monoisotopic (exact) mass is 545 g/mol. The summed E-state index contributed by atoms with van der Waals surface area (Å²) in [6.45, 7) is 0. The molecule has 0 saturated heterocycles. The van der Waals surface area contributed by atoms with Crippen molar-refractivity contribution in [2.75, 3.05) is 11.8 Å². The van der Waals surface area contributed by atoms with Gasteiger partial charge in [0.25, 0.3) is 15.6 Å². The van der Waals surface area contributed by atoms with E-state index in [1.165, 1.54) is 43.7 Å². The topological polar surface area (TPSA) is 103 Å². The number of halogens is 4. The molecule has 13 heteroatoms. The van der Waals surface area contributed by atoms with E-state index in [1.807, 2.05) is 0 Å². The number of sulfonamides is 1. The first-order valence-electron chi connectivity index (χ1n) is 10.7. The summed E-state index contributed by atoms with van der Waals surface area (Å²) >= 11 is 0. The summed E-state index contributed by atoms with van der Waals surface area (Å²) < 4.78 is 95.8. The molecule has 0 unspecified atom stereocenters. The van der Waals surface area contributed by atoms with Crippen LogP contribution in [-0.2, 0) is 10.0 Å². The van der Waals surface area contributed by atoms with E-state index in [0.717, 1.165) is 22.8 Å². The van der Waals surface area contributed by atoms with Gasteiger partial charge < -0.3 is 9.26 Å². The minimum absolute atomic E-state index is 0.0371. The zero-order valence-electron chi connectivity index (χ0n) is 19.2. The number of nitrogens with one attached hydrogen (secondary N) is 1. The maximum absolute atomic E-state index is 15.2. The van der Waals surface area contributed by atoms with Crippen molar-refractivity contribution in [3.8, 4) is 22.6 Å². The molecule has 8 nitrogen and oxygen atoms in total. The highest BCUT2D eigenvalue weighted by Gasteiger charge is 2.22. The van der Waals surface area contributed by atoms with Crippen molar-refractivity contribution in [1.29, 1.82) is 0 Å². The average Bonchev–Trinajstić information content (AvgIpc) is 3.38. The van der Waals surface area contributed by atoms with Crippen LogP contribution >= 0.6 is 0 Å². The third-order valence-corrected chi connectivity index (χ3v) is 7.00. The van der Waals surface area contributed by atoms with Gasteiger partial charge in [-0.3, -0.25) is 14.1 Å². The first-order chi connectivity index (χ1) is 18.1. The first kappa shape index (κ1) is 25.0. The SMILES string of the molecule is COc1cc(-c2cc(F)cc(F)c2F)c(F)cc1-n1c(=O)ccc2cc(S(=O)(=O)Nc3ccon3)ccc21. The van der Waals surface area contributed by atoms with Gasteiger partial charge in [-0.2, -0.15) is 0 Å². The Morgan fingerprint density at radius 1 is 0.921 bits per heavy atom. The number of methoxy groups -OCH3 is 1. The highest BCUT2D eigenvalue weighted by atomic mass is 32.2. The molecule has 0 fully saturated rings. The van der Waals surface area contributed by atoms with Crippen molar-refractivity contribution >= 4 is 26.7 Å². The van der Waals surface area contributed by atoms with Gasteiger partial charge in [-0.05, 0) is 36.4 Å². The number of anilines is 1. The Morgan fingerprint density at radius 3 is 2.42 bits per heavy atom. The quantitative estimate of drug-likeness (QED) is 0.238. The molecule has 0 saturated carbocycles. The standard InChI is InChI=1S/C25H15F4N3O5S/c1-36-22-11-16(17-9-14(26)10-19(28)25(17)29)18(27)12-21(22)32-20-4-3-15(8-13(20)2-5-24(32)33)38(34,35)31-23-6-7-37-30-23/h2-12H,1H3,(H,30,31). The van der Waals surface area contributed by atoms with Crippen LogP contribution < -0.4 is 15.0 Å². The van der Waals surface area contributed by atoms with Crippen LogP contribution in [0.3, 0.4) is 0 Å². The molecule has 2 heterocycles. The van der Waals surface area contributed by atoms with Gasteiger partial charge in [0, 0.05) is 40.8 Å². The van der Waals surface area contributed by atoms with Crippen molar-refractivity contribution in [2.45, 2.75) is 4.90 Å². The second-order valence-electron chi connectivity index (χ2n) is 7.97. The highest BCUT2D eigenvalue weighted by Crippen LogP contribution is 2.35. The van der Waals surface area contributed by atoms with Crippen LogP contribution in [0, 0.1) is 23.3 Å². The number of pyridine rings is 1. The maximum Gasteiger partial charge on any atom is 0.263 e. The van der Waals surface area contributed by atoms with Gasteiger partial charge in [0.2, 0.25) is 0 Å². The third kappa shape index (κ3) is 4.36. The number of hydrogen-bond donors (Lipinski definition) is 1. The molecule has 5 rings (SSSR count). The fourth-order valence-electron chi connectivity index (χ4n) is 3.94. The van der Waals surface area contributed by atoms with Crippen molar-refractivity contribution in [3.05, 3.63) is 101 Å². The Labute approximate surface area is 211 Å². The minimum atomic E-state index is -4.07. The molecule has 2 aromatic heterocycles. The summed E-state index contributed by atoms with van der Waals surface area (Å²) in [6.07, 6.45) is 1.19. The zero-order chi connectivity index (χ0) is 27.2. The van der Waals surface area contributed by atoms with Crippen molar-refractivity contribution in [3.63, 3.8) is 0 Å². The Kier molecular flexibility index (Phi) is 6.15. The lowest BCUT2D eigenvalue weighted by molar-refractivity contribution is 0.412. The molecule has 38 heavy (non-hydrogen) atoms. The van der Waals surface area contributed by atoms with Crippen LogP contribution in [-0.4, -0.2) is 25.3 Å². The number of benzene rings is 3.